The molecule has 0 amide bonds. The molecule has 92 valence electrons. The Hall–Kier alpha value is -1.39. The maximum Gasteiger partial charge on any atom is 0.335 e. The molecule has 1 saturated heterocycles. The van der Waals surface area contributed by atoms with Gasteiger partial charge in [-0.3, -0.25) is 0 Å². The maximum absolute atomic E-state index is 10.8. The first-order chi connectivity index (χ1) is 8.25. The van der Waals surface area contributed by atoms with Gasteiger partial charge < -0.3 is 15.2 Å². The molecule has 0 aromatic heterocycles. The van der Waals surface area contributed by atoms with Crippen molar-refractivity contribution in [2.24, 2.45) is 0 Å². The number of aromatic carboxylic acids is 1. The lowest BCUT2D eigenvalue weighted by Crippen LogP contribution is -2.34. The number of hydrogen-bond donors (Lipinski definition) is 2. The molecule has 1 aromatic carbocycles. The van der Waals surface area contributed by atoms with E-state index >= 15 is 0 Å². The SMILES string of the molecule is O=C(O)c1cccc(CNC2CCOCC2)c1. The third kappa shape index (κ3) is 3.54. The zero-order valence-corrected chi connectivity index (χ0v) is 9.69. The summed E-state index contributed by atoms with van der Waals surface area (Å²) in [6, 6.07) is 7.54. The third-order valence-electron chi connectivity index (χ3n) is 2.99. The third-order valence-corrected chi connectivity index (χ3v) is 2.99. The standard InChI is InChI=1S/C13H17NO3/c15-13(16)11-3-1-2-10(8-11)9-14-12-4-6-17-7-5-12/h1-3,8,12,14H,4-7,9H2,(H,15,16). The van der Waals surface area contributed by atoms with Crippen molar-refractivity contribution in [3.05, 3.63) is 35.4 Å². The Morgan fingerprint density at radius 1 is 1.41 bits per heavy atom. The molecule has 4 heteroatoms. The Morgan fingerprint density at radius 2 is 2.18 bits per heavy atom. The Labute approximate surface area is 101 Å². The van der Waals surface area contributed by atoms with Crippen LogP contribution >= 0.6 is 0 Å². The molecule has 1 fully saturated rings. The van der Waals surface area contributed by atoms with Gasteiger partial charge in [-0.05, 0) is 30.5 Å². The summed E-state index contributed by atoms with van der Waals surface area (Å²) in [6.45, 7) is 2.34. The average Bonchev–Trinajstić information content (AvgIpc) is 2.38. The van der Waals surface area contributed by atoms with E-state index in [1.807, 2.05) is 6.07 Å². The van der Waals surface area contributed by atoms with E-state index in [0.29, 0.717) is 18.2 Å². The van der Waals surface area contributed by atoms with Gasteiger partial charge in [0.25, 0.3) is 0 Å². The van der Waals surface area contributed by atoms with Crippen LogP contribution in [0.5, 0.6) is 0 Å². The molecule has 1 aliphatic heterocycles. The smallest absolute Gasteiger partial charge is 0.335 e. The predicted molar refractivity (Wildman–Crippen MR) is 64.1 cm³/mol. The molecule has 0 saturated carbocycles. The highest BCUT2D eigenvalue weighted by Crippen LogP contribution is 2.09. The molecule has 1 aliphatic rings. The van der Waals surface area contributed by atoms with Crippen molar-refractivity contribution in [3.8, 4) is 0 Å². The molecule has 0 aliphatic carbocycles. The molecule has 1 heterocycles. The number of nitrogens with one attached hydrogen (secondary N) is 1. The van der Waals surface area contributed by atoms with Crippen molar-refractivity contribution in [1.82, 2.24) is 5.32 Å². The van der Waals surface area contributed by atoms with E-state index < -0.39 is 5.97 Å². The Bertz CT molecular complexity index is 386. The molecular weight excluding hydrogens is 218 g/mol. The largest absolute Gasteiger partial charge is 0.478 e. The highest BCUT2D eigenvalue weighted by molar-refractivity contribution is 5.87. The number of rotatable bonds is 4. The zero-order chi connectivity index (χ0) is 12.1. The predicted octanol–water partition coefficient (Wildman–Crippen LogP) is 1.65. The van der Waals surface area contributed by atoms with E-state index in [2.05, 4.69) is 5.32 Å². The lowest BCUT2D eigenvalue weighted by atomic mass is 10.1. The Balaban J connectivity index is 1.89. The summed E-state index contributed by atoms with van der Waals surface area (Å²) < 4.78 is 5.28. The Morgan fingerprint density at radius 3 is 2.88 bits per heavy atom. The van der Waals surface area contributed by atoms with Crippen LogP contribution in [0.15, 0.2) is 24.3 Å². The molecule has 0 bridgehead atoms. The van der Waals surface area contributed by atoms with E-state index in [9.17, 15) is 4.79 Å². The number of hydrogen-bond acceptors (Lipinski definition) is 3. The second-order valence-corrected chi connectivity index (χ2v) is 4.27. The normalized spacial score (nSPS) is 16.9. The molecule has 2 rings (SSSR count). The van der Waals surface area contributed by atoms with Gasteiger partial charge in [-0.25, -0.2) is 4.79 Å². The number of carboxylic acids is 1. The summed E-state index contributed by atoms with van der Waals surface area (Å²) in [6.07, 6.45) is 2.05. The molecule has 0 atom stereocenters. The van der Waals surface area contributed by atoms with Crippen LogP contribution in [0, 0.1) is 0 Å². The topological polar surface area (TPSA) is 58.6 Å². The van der Waals surface area contributed by atoms with Gasteiger partial charge in [0.2, 0.25) is 0 Å². The van der Waals surface area contributed by atoms with Gasteiger partial charge in [0.05, 0.1) is 5.56 Å². The average molecular weight is 235 g/mol. The molecule has 17 heavy (non-hydrogen) atoms. The van der Waals surface area contributed by atoms with Crippen molar-refractivity contribution in [3.63, 3.8) is 0 Å². The molecular formula is C13H17NO3. The van der Waals surface area contributed by atoms with Crippen LogP contribution in [0.4, 0.5) is 0 Å². The number of ether oxygens (including phenoxy) is 1. The van der Waals surface area contributed by atoms with Crippen molar-refractivity contribution >= 4 is 5.97 Å². The fourth-order valence-corrected chi connectivity index (χ4v) is 1.98. The lowest BCUT2D eigenvalue weighted by molar-refractivity contribution is 0.0697. The van der Waals surface area contributed by atoms with Crippen molar-refractivity contribution < 1.29 is 14.6 Å². The number of carbonyl (C=O) groups is 1. The van der Waals surface area contributed by atoms with E-state index in [4.69, 9.17) is 9.84 Å². The van der Waals surface area contributed by atoms with Crippen molar-refractivity contribution in [2.45, 2.75) is 25.4 Å². The van der Waals surface area contributed by atoms with Crippen LogP contribution in [-0.4, -0.2) is 30.3 Å². The van der Waals surface area contributed by atoms with E-state index in [1.54, 1.807) is 18.2 Å². The molecule has 0 spiro atoms. The minimum Gasteiger partial charge on any atom is -0.478 e. The van der Waals surface area contributed by atoms with Crippen LogP contribution in [0.25, 0.3) is 0 Å². The van der Waals surface area contributed by atoms with Gasteiger partial charge in [0.1, 0.15) is 0 Å². The summed E-state index contributed by atoms with van der Waals surface area (Å²) in [5.74, 6) is -0.877. The second kappa shape index (κ2) is 5.80. The quantitative estimate of drug-likeness (QED) is 0.833. The lowest BCUT2D eigenvalue weighted by Gasteiger charge is -2.23. The summed E-state index contributed by atoms with van der Waals surface area (Å²) in [5, 5.41) is 12.3. The second-order valence-electron chi connectivity index (χ2n) is 4.27. The first-order valence-electron chi connectivity index (χ1n) is 5.89. The van der Waals surface area contributed by atoms with Crippen molar-refractivity contribution in [1.29, 1.82) is 0 Å². The van der Waals surface area contributed by atoms with Gasteiger partial charge in [-0.1, -0.05) is 12.1 Å². The summed E-state index contributed by atoms with van der Waals surface area (Å²) >= 11 is 0. The molecule has 4 nitrogen and oxygen atoms in total. The zero-order valence-electron chi connectivity index (χ0n) is 9.69. The van der Waals surface area contributed by atoms with Gasteiger partial charge in [-0.2, -0.15) is 0 Å². The fourth-order valence-electron chi connectivity index (χ4n) is 1.98. The summed E-state index contributed by atoms with van der Waals surface area (Å²) in [5.41, 5.74) is 1.35. The first-order valence-corrected chi connectivity index (χ1v) is 5.89. The van der Waals surface area contributed by atoms with Crippen LogP contribution in [0.3, 0.4) is 0 Å². The van der Waals surface area contributed by atoms with Crippen LogP contribution < -0.4 is 5.32 Å². The number of carboxylic acid groups (broad SMARTS) is 1. The molecule has 2 N–H and O–H groups in total. The van der Waals surface area contributed by atoms with Crippen LogP contribution in [0.2, 0.25) is 0 Å². The Kier molecular flexibility index (Phi) is 4.12. The molecule has 0 radical (unpaired) electrons. The van der Waals surface area contributed by atoms with Crippen LogP contribution in [-0.2, 0) is 11.3 Å². The highest BCUT2D eigenvalue weighted by Gasteiger charge is 2.12. The van der Waals surface area contributed by atoms with E-state index in [-0.39, 0.29) is 0 Å². The maximum atomic E-state index is 10.8. The van der Waals surface area contributed by atoms with E-state index in [0.717, 1.165) is 31.6 Å². The monoisotopic (exact) mass is 235 g/mol. The fraction of sp³-hybridized carbons (Fsp3) is 0.462. The molecule has 1 aromatic rings. The van der Waals surface area contributed by atoms with Crippen molar-refractivity contribution in [2.75, 3.05) is 13.2 Å². The summed E-state index contributed by atoms with van der Waals surface area (Å²) in [4.78, 5) is 10.8. The van der Waals surface area contributed by atoms with E-state index in [1.165, 1.54) is 0 Å². The minimum absolute atomic E-state index is 0.344. The van der Waals surface area contributed by atoms with Gasteiger partial charge in [0, 0.05) is 25.8 Å². The molecule has 0 unspecified atom stereocenters. The highest BCUT2D eigenvalue weighted by atomic mass is 16.5. The van der Waals surface area contributed by atoms with Gasteiger partial charge >= 0.3 is 5.97 Å². The van der Waals surface area contributed by atoms with Crippen LogP contribution in [0.1, 0.15) is 28.8 Å². The number of benzene rings is 1. The minimum atomic E-state index is -0.877. The van der Waals surface area contributed by atoms with Gasteiger partial charge in [0.15, 0.2) is 0 Å². The first kappa shape index (κ1) is 12.1. The van der Waals surface area contributed by atoms with Gasteiger partial charge in [-0.15, -0.1) is 0 Å². The summed E-state index contributed by atoms with van der Waals surface area (Å²) in [7, 11) is 0.